The van der Waals surface area contributed by atoms with Crippen molar-refractivity contribution in [2.24, 2.45) is 0 Å². The SMILES string of the molecule is CCCCCCCCC/C=C\CCCCCCCCCC(=O)NC(COC1OC(CO)C(O)C(O)C1O)C(O)/C=C/CCCCCCCCCC. The molecule has 1 fully saturated rings. The predicted molar refractivity (Wildman–Crippen MR) is 207 cm³/mol. The Morgan fingerprint density at radius 1 is 0.647 bits per heavy atom. The number of amides is 1. The van der Waals surface area contributed by atoms with Gasteiger partial charge in [-0.3, -0.25) is 4.79 Å². The molecule has 6 N–H and O–H groups in total. The van der Waals surface area contributed by atoms with Crippen LogP contribution in [0.2, 0.25) is 0 Å². The molecule has 0 aromatic rings. The van der Waals surface area contributed by atoms with Gasteiger partial charge in [0.2, 0.25) is 5.91 Å². The number of carbonyl (C=O) groups is 1. The molecule has 7 atom stereocenters. The summed E-state index contributed by atoms with van der Waals surface area (Å²) < 4.78 is 11.2. The molecule has 0 aromatic heterocycles. The monoisotopic (exact) mass is 726 g/mol. The van der Waals surface area contributed by atoms with Crippen LogP contribution < -0.4 is 5.32 Å². The Labute approximate surface area is 311 Å². The van der Waals surface area contributed by atoms with Gasteiger partial charge in [0.1, 0.15) is 24.4 Å². The molecular formula is C42H79NO8. The number of aliphatic hydroxyl groups excluding tert-OH is 5. The molecule has 0 bridgehead atoms. The van der Waals surface area contributed by atoms with E-state index in [4.69, 9.17) is 9.47 Å². The Morgan fingerprint density at radius 3 is 1.59 bits per heavy atom. The van der Waals surface area contributed by atoms with Crippen molar-refractivity contribution in [3.05, 3.63) is 24.3 Å². The van der Waals surface area contributed by atoms with Crippen LogP contribution in [0, 0.1) is 0 Å². The van der Waals surface area contributed by atoms with E-state index in [0.717, 1.165) is 44.9 Å². The molecule has 1 heterocycles. The largest absolute Gasteiger partial charge is 0.394 e. The zero-order valence-corrected chi connectivity index (χ0v) is 32.6. The summed E-state index contributed by atoms with van der Waals surface area (Å²) in [6.45, 7) is 3.73. The molecule has 51 heavy (non-hydrogen) atoms. The van der Waals surface area contributed by atoms with Crippen molar-refractivity contribution in [1.29, 1.82) is 0 Å². The summed E-state index contributed by atoms with van der Waals surface area (Å²) in [7, 11) is 0. The van der Waals surface area contributed by atoms with E-state index < -0.39 is 49.5 Å². The molecule has 1 saturated heterocycles. The zero-order chi connectivity index (χ0) is 37.4. The Hall–Kier alpha value is -1.33. The van der Waals surface area contributed by atoms with E-state index in [9.17, 15) is 30.3 Å². The second-order valence-electron chi connectivity index (χ2n) is 14.8. The number of aliphatic hydroxyl groups is 5. The normalized spacial score (nSPS) is 22.2. The van der Waals surface area contributed by atoms with Crippen LogP contribution in [0.5, 0.6) is 0 Å². The van der Waals surface area contributed by atoms with E-state index >= 15 is 0 Å². The third kappa shape index (κ3) is 24.6. The first-order valence-corrected chi connectivity index (χ1v) is 21.1. The van der Waals surface area contributed by atoms with Gasteiger partial charge in [-0.15, -0.1) is 0 Å². The van der Waals surface area contributed by atoms with E-state index in [1.165, 1.54) is 116 Å². The number of carbonyl (C=O) groups excluding carboxylic acids is 1. The van der Waals surface area contributed by atoms with Crippen molar-refractivity contribution in [3.63, 3.8) is 0 Å². The second kappa shape index (κ2) is 33.3. The molecule has 1 rings (SSSR count). The summed E-state index contributed by atoms with van der Waals surface area (Å²) in [6.07, 6.45) is 30.8. The summed E-state index contributed by atoms with van der Waals surface area (Å²) in [5.74, 6) is -0.184. The smallest absolute Gasteiger partial charge is 0.220 e. The number of ether oxygens (including phenoxy) is 2. The number of hydrogen-bond donors (Lipinski definition) is 6. The summed E-state index contributed by atoms with van der Waals surface area (Å²) in [5.41, 5.74) is 0. The number of rotatable bonds is 34. The van der Waals surface area contributed by atoms with Gasteiger partial charge in [-0.05, 0) is 44.9 Å². The Morgan fingerprint density at radius 2 is 1.10 bits per heavy atom. The maximum absolute atomic E-state index is 12.9. The van der Waals surface area contributed by atoms with Crippen molar-refractivity contribution in [1.82, 2.24) is 5.32 Å². The fraction of sp³-hybridized carbons (Fsp3) is 0.881. The van der Waals surface area contributed by atoms with E-state index in [2.05, 4.69) is 31.3 Å². The first-order valence-electron chi connectivity index (χ1n) is 21.1. The third-order valence-electron chi connectivity index (χ3n) is 10.0. The van der Waals surface area contributed by atoms with Gasteiger partial charge in [-0.1, -0.05) is 154 Å². The summed E-state index contributed by atoms with van der Waals surface area (Å²) in [5, 5.41) is 53.9. The van der Waals surface area contributed by atoms with Crippen molar-refractivity contribution >= 4 is 5.91 Å². The maximum atomic E-state index is 12.9. The van der Waals surface area contributed by atoms with Crippen LogP contribution >= 0.6 is 0 Å². The van der Waals surface area contributed by atoms with Crippen LogP contribution in [0.15, 0.2) is 24.3 Å². The number of hydrogen-bond acceptors (Lipinski definition) is 8. The number of allylic oxidation sites excluding steroid dienone is 3. The Balaban J connectivity index is 2.36. The lowest BCUT2D eigenvalue weighted by atomic mass is 9.99. The van der Waals surface area contributed by atoms with Gasteiger partial charge in [-0.25, -0.2) is 0 Å². The fourth-order valence-corrected chi connectivity index (χ4v) is 6.56. The van der Waals surface area contributed by atoms with Crippen molar-refractivity contribution in [2.45, 2.75) is 224 Å². The highest BCUT2D eigenvalue weighted by Gasteiger charge is 2.44. The molecule has 0 saturated carbocycles. The molecule has 0 aromatic carbocycles. The lowest BCUT2D eigenvalue weighted by molar-refractivity contribution is -0.302. The van der Waals surface area contributed by atoms with Crippen molar-refractivity contribution in [2.75, 3.05) is 13.2 Å². The molecule has 9 nitrogen and oxygen atoms in total. The van der Waals surface area contributed by atoms with Gasteiger partial charge in [0.15, 0.2) is 6.29 Å². The molecule has 7 unspecified atom stereocenters. The van der Waals surface area contributed by atoms with E-state index in [1.54, 1.807) is 6.08 Å². The molecule has 1 amide bonds. The molecule has 0 aliphatic carbocycles. The van der Waals surface area contributed by atoms with Gasteiger partial charge < -0.3 is 40.3 Å². The summed E-state index contributed by atoms with van der Waals surface area (Å²) in [4.78, 5) is 12.9. The second-order valence-corrected chi connectivity index (χ2v) is 14.8. The molecule has 1 aliphatic rings. The minimum Gasteiger partial charge on any atom is -0.394 e. The maximum Gasteiger partial charge on any atom is 0.220 e. The van der Waals surface area contributed by atoms with Crippen LogP contribution in [0.25, 0.3) is 0 Å². The van der Waals surface area contributed by atoms with Gasteiger partial charge in [-0.2, -0.15) is 0 Å². The summed E-state index contributed by atoms with van der Waals surface area (Å²) >= 11 is 0. The Bertz CT molecular complexity index is 853. The highest BCUT2D eigenvalue weighted by atomic mass is 16.7. The lowest BCUT2D eigenvalue weighted by Crippen LogP contribution is -2.60. The number of nitrogens with one attached hydrogen (secondary N) is 1. The topological polar surface area (TPSA) is 149 Å². The Kier molecular flexibility index (Phi) is 31.1. The molecule has 0 radical (unpaired) electrons. The molecule has 1 aliphatic heterocycles. The predicted octanol–water partition coefficient (Wildman–Crippen LogP) is 7.94. The van der Waals surface area contributed by atoms with Crippen LogP contribution in [-0.4, -0.2) is 87.5 Å². The van der Waals surface area contributed by atoms with Crippen LogP contribution in [0.3, 0.4) is 0 Å². The standard InChI is InChI=1S/C42H79NO8/c1-3-5-7-9-11-13-15-16-17-18-19-20-21-22-24-26-28-30-32-38(46)43-35(34-50-42-41(49)40(48)39(47)37(33-44)51-42)36(45)31-29-27-25-23-14-12-10-8-6-4-2/h17-18,29,31,35-37,39-42,44-45,47-49H,3-16,19-28,30,32-34H2,1-2H3,(H,43,46)/b18-17-,31-29+. The highest BCUT2D eigenvalue weighted by Crippen LogP contribution is 2.22. The molecule has 9 heteroatoms. The van der Waals surface area contributed by atoms with Crippen molar-refractivity contribution < 1.29 is 39.8 Å². The van der Waals surface area contributed by atoms with Crippen LogP contribution in [-0.2, 0) is 14.3 Å². The quantitative estimate of drug-likeness (QED) is 0.0289. The van der Waals surface area contributed by atoms with E-state index in [0.29, 0.717) is 6.42 Å². The van der Waals surface area contributed by atoms with Gasteiger partial charge >= 0.3 is 0 Å². The van der Waals surface area contributed by atoms with Gasteiger partial charge in [0, 0.05) is 6.42 Å². The molecular weight excluding hydrogens is 646 g/mol. The minimum absolute atomic E-state index is 0.184. The molecule has 0 spiro atoms. The average molecular weight is 726 g/mol. The van der Waals surface area contributed by atoms with Gasteiger partial charge in [0.05, 0.1) is 25.4 Å². The van der Waals surface area contributed by atoms with E-state index in [-0.39, 0.29) is 12.5 Å². The van der Waals surface area contributed by atoms with Gasteiger partial charge in [0.25, 0.3) is 0 Å². The van der Waals surface area contributed by atoms with E-state index in [1.807, 2.05) is 6.08 Å². The first-order chi connectivity index (χ1) is 24.8. The van der Waals surface area contributed by atoms with Crippen molar-refractivity contribution in [3.8, 4) is 0 Å². The number of unbranched alkanes of at least 4 members (excludes halogenated alkanes) is 22. The summed E-state index contributed by atoms with van der Waals surface area (Å²) in [6, 6.07) is -0.802. The minimum atomic E-state index is -1.56. The highest BCUT2D eigenvalue weighted by molar-refractivity contribution is 5.76. The average Bonchev–Trinajstić information content (AvgIpc) is 3.13. The third-order valence-corrected chi connectivity index (χ3v) is 10.0. The lowest BCUT2D eigenvalue weighted by Gasteiger charge is -2.40. The first kappa shape index (κ1) is 47.7. The van der Waals surface area contributed by atoms with Crippen LogP contribution in [0.1, 0.15) is 181 Å². The molecule has 300 valence electrons. The fourth-order valence-electron chi connectivity index (χ4n) is 6.56. The zero-order valence-electron chi connectivity index (χ0n) is 32.6. The van der Waals surface area contributed by atoms with Crippen LogP contribution in [0.4, 0.5) is 0 Å².